The Balaban J connectivity index is 1.26. The van der Waals surface area contributed by atoms with Gasteiger partial charge in [0.15, 0.2) is 0 Å². The second-order valence-electron chi connectivity index (χ2n) is 10.5. The molecular formula is C31H33N3O4. The number of nitrogens with zero attached hydrogens (tertiary/aromatic N) is 2. The molecule has 3 aliphatic rings. The van der Waals surface area contributed by atoms with Crippen molar-refractivity contribution >= 4 is 17.3 Å². The number of Topliss-reactive ketones (excluding diaryl/α,β-unsaturated/α-hetero) is 1. The van der Waals surface area contributed by atoms with Crippen LogP contribution in [0.5, 0.6) is 5.75 Å². The third-order valence-electron chi connectivity index (χ3n) is 7.96. The number of amides is 1. The monoisotopic (exact) mass is 511 g/mol. The predicted octanol–water partition coefficient (Wildman–Crippen LogP) is 4.66. The summed E-state index contributed by atoms with van der Waals surface area (Å²) in [5, 5.41) is 12.5. The Morgan fingerprint density at radius 3 is 2.76 bits per heavy atom. The Bertz CT molecular complexity index is 1320. The first-order valence-corrected chi connectivity index (χ1v) is 13.3. The number of fused-ring (bicyclic) bond motifs is 3. The molecule has 0 radical (unpaired) electrons. The predicted molar refractivity (Wildman–Crippen MR) is 144 cm³/mol. The molecule has 2 aliphatic heterocycles. The van der Waals surface area contributed by atoms with Crippen LogP contribution in [0.4, 0.5) is 0 Å². The molecule has 2 aromatic rings. The van der Waals surface area contributed by atoms with Crippen LogP contribution in [0.1, 0.15) is 60.8 Å². The molecule has 1 fully saturated rings. The van der Waals surface area contributed by atoms with Gasteiger partial charge in [0.05, 0.1) is 29.0 Å². The van der Waals surface area contributed by atoms with Gasteiger partial charge in [-0.2, -0.15) is 5.26 Å². The standard InChI is InChI=1S/C31H33N3O4/c1-22(29(35)28-20-37-21-38-27-7-5-6-25(28)17-27)30(36)33-31(11-3-2-4-12-31)13-15-34-14-10-24-9-8-23(18-32)16-26(24)19-34/h5-9,16-17,20H,1-4,10-15,19,21H2,(H,33,36)/b28-20+. The fourth-order valence-electron chi connectivity index (χ4n) is 5.72. The lowest BCUT2D eigenvalue weighted by Gasteiger charge is -2.40. The maximum Gasteiger partial charge on any atom is 0.255 e. The van der Waals surface area contributed by atoms with Crippen LogP contribution in [0.15, 0.2) is 60.9 Å². The lowest BCUT2D eigenvalue weighted by molar-refractivity contribution is -0.122. The molecule has 5 rings (SSSR count). The Morgan fingerprint density at radius 1 is 1.11 bits per heavy atom. The van der Waals surface area contributed by atoms with E-state index in [0.717, 1.165) is 64.6 Å². The average Bonchev–Trinajstić information content (AvgIpc) is 2.95. The number of hydrogen-bond acceptors (Lipinski definition) is 6. The Hall–Kier alpha value is -3.89. The molecule has 0 saturated heterocycles. The van der Waals surface area contributed by atoms with Gasteiger partial charge in [0.25, 0.3) is 5.91 Å². The highest BCUT2D eigenvalue weighted by atomic mass is 16.7. The zero-order valence-corrected chi connectivity index (χ0v) is 21.6. The average molecular weight is 512 g/mol. The number of allylic oxidation sites excluding steroid dienone is 1. The number of nitriles is 1. The highest BCUT2D eigenvalue weighted by Crippen LogP contribution is 2.33. The summed E-state index contributed by atoms with van der Waals surface area (Å²) < 4.78 is 10.8. The summed E-state index contributed by atoms with van der Waals surface area (Å²) in [7, 11) is 0. The van der Waals surface area contributed by atoms with Gasteiger partial charge in [-0.25, -0.2) is 0 Å². The van der Waals surface area contributed by atoms with E-state index in [0.29, 0.717) is 16.9 Å². The summed E-state index contributed by atoms with van der Waals surface area (Å²) in [6.07, 6.45) is 8.11. The fourth-order valence-corrected chi connectivity index (χ4v) is 5.72. The van der Waals surface area contributed by atoms with Crippen LogP contribution in [0.2, 0.25) is 0 Å². The van der Waals surface area contributed by atoms with Crippen molar-refractivity contribution in [3.63, 3.8) is 0 Å². The number of carbonyl (C=O) groups is 2. The minimum absolute atomic E-state index is 0.0131. The van der Waals surface area contributed by atoms with Gasteiger partial charge in [-0.3, -0.25) is 14.5 Å². The first-order valence-electron chi connectivity index (χ1n) is 13.3. The maximum atomic E-state index is 13.4. The molecule has 1 N–H and O–H groups in total. The van der Waals surface area contributed by atoms with E-state index in [9.17, 15) is 14.9 Å². The second kappa shape index (κ2) is 11.2. The van der Waals surface area contributed by atoms with Gasteiger partial charge in [-0.1, -0.05) is 44.0 Å². The van der Waals surface area contributed by atoms with Crippen molar-refractivity contribution in [1.82, 2.24) is 10.2 Å². The maximum absolute atomic E-state index is 13.4. The van der Waals surface area contributed by atoms with Crippen LogP contribution in [0, 0.1) is 11.3 Å². The molecule has 0 spiro atoms. The van der Waals surface area contributed by atoms with E-state index in [1.54, 1.807) is 24.3 Å². The van der Waals surface area contributed by atoms with E-state index in [-0.39, 0.29) is 23.5 Å². The largest absolute Gasteiger partial charge is 0.464 e. The Morgan fingerprint density at radius 2 is 1.95 bits per heavy atom. The third-order valence-corrected chi connectivity index (χ3v) is 7.96. The molecule has 2 aromatic carbocycles. The number of nitrogens with one attached hydrogen (secondary N) is 1. The first kappa shape index (κ1) is 25.7. The minimum atomic E-state index is -0.451. The molecule has 1 amide bonds. The van der Waals surface area contributed by atoms with E-state index in [2.05, 4.69) is 28.9 Å². The number of ketones is 1. The zero-order valence-electron chi connectivity index (χ0n) is 21.6. The van der Waals surface area contributed by atoms with Gasteiger partial charge in [-0.15, -0.1) is 0 Å². The molecule has 1 aliphatic carbocycles. The first-order chi connectivity index (χ1) is 18.5. The van der Waals surface area contributed by atoms with Crippen molar-refractivity contribution in [3.05, 3.63) is 83.1 Å². The lowest BCUT2D eigenvalue weighted by Crippen LogP contribution is -2.52. The highest BCUT2D eigenvalue weighted by Gasteiger charge is 2.36. The van der Waals surface area contributed by atoms with Crippen molar-refractivity contribution < 1.29 is 19.1 Å². The smallest absolute Gasteiger partial charge is 0.255 e. The van der Waals surface area contributed by atoms with Crippen LogP contribution < -0.4 is 10.1 Å². The third kappa shape index (κ3) is 5.66. The molecule has 1 saturated carbocycles. The topological polar surface area (TPSA) is 91.7 Å². The summed E-state index contributed by atoms with van der Waals surface area (Å²) in [6.45, 7) is 6.46. The van der Waals surface area contributed by atoms with E-state index < -0.39 is 11.7 Å². The molecule has 38 heavy (non-hydrogen) atoms. The molecule has 196 valence electrons. The van der Waals surface area contributed by atoms with Crippen molar-refractivity contribution in [2.75, 3.05) is 19.9 Å². The normalized spacial score (nSPS) is 19.6. The number of ether oxygens (including phenoxy) is 2. The SMILES string of the molecule is C=C(C(=O)NC1(CCN2CCc3ccc(C#N)cc3C2)CCCCC1)C(=O)/C1=C/OCOc2cccc1c2. The zero-order chi connectivity index (χ0) is 26.5. The van der Waals surface area contributed by atoms with Crippen molar-refractivity contribution in [2.24, 2.45) is 0 Å². The molecule has 0 aromatic heterocycles. The summed E-state index contributed by atoms with van der Waals surface area (Å²) in [5.74, 6) is -0.273. The Kier molecular flexibility index (Phi) is 7.62. The van der Waals surface area contributed by atoms with Gasteiger partial charge < -0.3 is 14.8 Å². The summed E-state index contributed by atoms with van der Waals surface area (Å²) >= 11 is 0. The van der Waals surface area contributed by atoms with Crippen molar-refractivity contribution in [1.29, 1.82) is 5.26 Å². The van der Waals surface area contributed by atoms with Crippen LogP contribution in [-0.4, -0.2) is 42.0 Å². The lowest BCUT2D eigenvalue weighted by atomic mass is 9.78. The van der Waals surface area contributed by atoms with Crippen LogP contribution in [0.25, 0.3) is 5.57 Å². The molecular weight excluding hydrogens is 478 g/mol. The van der Waals surface area contributed by atoms with Gasteiger partial charge in [0.2, 0.25) is 12.6 Å². The van der Waals surface area contributed by atoms with Crippen LogP contribution in [-0.2, 0) is 27.3 Å². The quantitative estimate of drug-likeness (QED) is 0.330. The van der Waals surface area contributed by atoms with Crippen molar-refractivity contribution in [2.45, 2.75) is 57.0 Å². The molecule has 2 heterocycles. The van der Waals surface area contributed by atoms with E-state index in [1.807, 2.05) is 12.1 Å². The van der Waals surface area contributed by atoms with E-state index in [1.165, 1.54) is 17.4 Å². The van der Waals surface area contributed by atoms with Gasteiger partial charge in [-0.05, 0) is 66.6 Å². The Labute approximate surface area is 223 Å². The number of rotatable bonds is 7. The fraction of sp³-hybridized carbons (Fsp3) is 0.387. The number of hydrogen-bond donors (Lipinski definition) is 1. The summed E-state index contributed by atoms with van der Waals surface area (Å²) in [4.78, 5) is 29.1. The van der Waals surface area contributed by atoms with Crippen LogP contribution >= 0.6 is 0 Å². The molecule has 2 bridgehead atoms. The molecule has 0 atom stereocenters. The molecule has 0 unspecified atom stereocenters. The van der Waals surface area contributed by atoms with Crippen molar-refractivity contribution in [3.8, 4) is 11.8 Å². The number of benzene rings is 2. The molecule has 7 nitrogen and oxygen atoms in total. The summed E-state index contributed by atoms with van der Waals surface area (Å²) in [6, 6.07) is 15.3. The number of carbonyl (C=O) groups excluding carboxylic acids is 2. The van der Waals surface area contributed by atoms with E-state index in [4.69, 9.17) is 9.47 Å². The van der Waals surface area contributed by atoms with Crippen LogP contribution in [0.3, 0.4) is 0 Å². The highest BCUT2D eigenvalue weighted by molar-refractivity contribution is 6.37. The van der Waals surface area contributed by atoms with Gasteiger partial charge >= 0.3 is 0 Å². The van der Waals surface area contributed by atoms with Gasteiger partial charge in [0, 0.05) is 25.2 Å². The minimum Gasteiger partial charge on any atom is -0.464 e. The molecule has 7 heteroatoms. The summed E-state index contributed by atoms with van der Waals surface area (Å²) in [5.41, 5.74) is 3.66. The second-order valence-corrected chi connectivity index (χ2v) is 10.5. The van der Waals surface area contributed by atoms with Gasteiger partial charge in [0.1, 0.15) is 5.75 Å². The van der Waals surface area contributed by atoms with E-state index >= 15 is 0 Å².